The van der Waals surface area contributed by atoms with Crippen LogP contribution >= 0.6 is 0 Å². The first-order valence-electron chi connectivity index (χ1n) is 30.6. The van der Waals surface area contributed by atoms with Crippen molar-refractivity contribution in [3.63, 3.8) is 0 Å². The lowest BCUT2D eigenvalue weighted by Crippen LogP contribution is -2.49. The maximum atomic E-state index is 13.6. The van der Waals surface area contributed by atoms with Crippen molar-refractivity contribution in [1.82, 2.24) is 21.3 Å². The fraction of sp³-hybridized carbons (Fsp3) is 0.738. The highest BCUT2D eigenvalue weighted by Crippen LogP contribution is 2.25. The second kappa shape index (κ2) is 49.2. The number of rotatable bonds is 56. The lowest BCUT2D eigenvalue weighted by Gasteiger charge is -2.26. The number of guanidine groups is 1. The van der Waals surface area contributed by atoms with E-state index in [-0.39, 0.29) is 159 Å². The van der Waals surface area contributed by atoms with Crippen molar-refractivity contribution in [1.29, 1.82) is 0 Å². The molecule has 1 aromatic rings. The number of primary amides is 1. The number of carbonyl (C=O) groups is 9. The Labute approximate surface area is 500 Å². The van der Waals surface area contributed by atoms with Crippen LogP contribution in [0.4, 0.5) is 0 Å². The number of phenolic OH excluding ortho intramolecular Hbond substituents is 1. The monoisotopic (exact) mass is 1190 g/mol. The molecule has 0 aliphatic rings. The Morgan fingerprint density at radius 1 is 0.548 bits per heavy atom. The summed E-state index contributed by atoms with van der Waals surface area (Å²) in [7, 11) is 0. The van der Waals surface area contributed by atoms with Gasteiger partial charge in [-0.15, -0.1) is 0 Å². The molecule has 1 unspecified atom stereocenters. The number of carboxylic acids is 1. The second-order valence-corrected chi connectivity index (χ2v) is 21.8. The maximum absolute atomic E-state index is 13.6. The summed E-state index contributed by atoms with van der Waals surface area (Å²) in [6.07, 6.45) is 20.1. The highest BCUT2D eigenvalue weighted by atomic mass is 16.5. The summed E-state index contributed by atoms with van der Waals surface area (Å²) >= 11 is 0. The van der Waals surface area contributed by atoms with E-state index in [0.717, 1.165) is 32.1 Å². The summed E-state index contributed by atoms with van der Waals surface area (Å²) in [5.74, 6) is -5.20. The molecule has 0 saturated carbocycles. The van der Waals surface area contributed by atoms with Crippen molar-refractivity contribution in [2.45, 2.75) is 200 Å². The van der Waals surface area contributed by atoms with Crippen molar-refractivity contribution in [3.8, 4) is 5.75 Å². The molecule has 0 fully saturated rings. The molecule has 1 aromatic carbocycles. The fourth-order valence-electron chi connectivity index (χ4n) is 9.33. The first kappa shape index (κ1) is 76.0. The van der Waals surface area contributed by atoms with Crippen LogP contribution in [0.2, 0.25) is 0 Å². The third-order valence-electron chi connectivity index (χ3n) is 14.3. The SMILES string of the molecule is CC(=O)CCCCCCCCCCCCCCCCC(=O)N[C@@H](CCC(=O)CCCOCCOCC(=O)NCCOCCOCC(=O)NCCCC[C@H](C)C(=O)C(C)[C@@H](CCCN=C(N)N)C(=O)N[C@@H](Cc1ccc(O)cc1)C(N)=O)C(=O)O.[HH]. The van der Waals surface area contributed by atoms with Gasteiger partial charge in [-0.2, -0.15) is 0 Å². The van der Waals surface area contributed by atoms with E-state index in [1.54, 1.807) is 32.9 Å². The number of phenols is 1. The number of hydrogen-bond donors (Lipinski definition) is 9. The third-order valence-corrected chi connectivity index (χ3v) is 14.3. The first-order valence-corrected chi connectivity index (χ1v) is 30.6. The number of unbranched alkanes of at least 4 members (excludes halogenated alkanes) is 14. The van der Waals surface area contributed by atoms with Gasteiger partial charge in [0.2, 0.25) is 29.5 Å². The highest BCUT2D eigenvalue weighted by molar-refractivity contribution is 5.92. The largest absolute Gasteiger partial charge is 0.508 e. The van der Waals surface area contributed by atoms with Crippen LogP contribution in [0.3, 0.4) is 0 Å². The van der Waals surface area contributed by atoms with Gasteiger partial charge in [-0.05, 0) is 76.0 Å². The number of nitrogens with one attached hydrogen (secondary N) is 4. The molecule has 23 heteroatoms. The van der Waals surface area contributed by atoms with Gasteiger partial charge < -0.3 is 72.4 Å². The summed E-state index contributed by atoms with van der Waals surface area (Å²) in [6, 6.07) is 4.03. The molecule has 0 aliphatic carbocycles. The summed E-state index contributed by atoms with van der Waals surface area (Å²) in [5, 5.41) is 30.0. The third kappa shape index (κ3) is 41.9. The van der Waals surface area contributed by atoms with Gasteiger partial charge in [0.05, 0.1) is 33.0 Å². The summed E-state index contributed by atoms with van der Waals surface area (Å²) in [6.45, 7) is 6.91. The van der Waals surface area contributed by atoms with Crippen LogP contribution in [0.1, 0.15) is 188 Å². The minimum Gasteiger partial charge on any atom is -0.508 e. The average Bonchev–Trinajstić information content (AvgIpc) is 3.55. The first-order chi connectivity index (χ1) is 40.3. The molecule has 0 spiro atoms. The van der Waals surface area contributed by atoms with E-state index in [9.17, 15) is 53.4 Å². The minimum atomic E-state index is -1.16. The van der Waals surface area contributed by atoms with E-state index in [2.05, 4.69) is 26.3 Å². The number of ketones is 3. The molecule has 0 radical (unpaired) electrons. The van der Waals surface area contributed by atoms with Gasteiger partial charge in [0.25, 0.3) is 0 Å². The summed E-state index contributed by atoms with van der Waals surface area (Å²) in [5.41, 5.74) is 17.2. The molecule has 480 valence electrons. The number of nitrogens with two attached hydrogens (primary N) is 3. The number of Topliss-reactive ketones (excluding diaryl/α,β-unsaturated/α-hetero) is 3. The number of nitrogens with zero attached hydrogens (tertiary/aromatic N) is 1. The average molecular weight is 1190 g/mol. The summed E-state index contributed by atoms with van der Waals surface area (Å²) in [4.78, 5) is 115. The lowest BCUT2D eigenvalue weighted by molar-refractivity contribution is -0.142. The number of carbonyl (C=O) groups excluding carboxylic acids is 8. The van der Waals surface area contributed by atoms with E-state index in [0.29, 0.717) is 57.1 Å². The topological polar surface area (TPSA) is 370 Å². The molecule has 1 rings (SSSR count). The van der Waals surface area contributed by atoms with E-state index >= 15 is 0 Å². The Kier molecular flexibility index (Phi) is 44.5. The second-order valence-electron chi connectivity index (χ2n) is 21.8. The van der Waals surface area contributed by atoms with Crippen molar-refractivity contribution in [2.24, 2.45) is 39.9 Å². The molecule has 0 bridgehead atoms. The number of aliphatic carboxylic acids is 1. The molecule has 0 saturated heterocycles. The minimum absolute atomic E-state index is 0. The van der Waals surface area contributed by atoms with Gasteiger partial charge in [0.15, 0.2) is 5.96 Å². The van der Waals surface area contributed by atoms with Crippen LogP contribution in [0, 0.1) is 17.8 Å². The quantitative estimate of drug-likeness (QED) is 0.0216. The number of hydrogen-bond acceptors (Lipinski definition) is 15. The molecule has 0 heterocycles. The van der Waals surface area contributed by atoms with Crippen molar-refractivity contribution in [2.75, 3.05) is 72.5 Å². The zero-order valence-corrected chi connectivity index (χ0v) is 50.7. The van der Waals surface area contributed by atoms with Crippen LogP contribution in [-0.2, 0) is 68.5 Å². The van der Waals surface area contributed by atoms with E-state index < -0.39 is 41.7 Å². The smallest absolute Gasteiger partial charge is 0.326 e. The number of ether oxygens (including phenoxy) is 4. The molecular weight excluding hydrogens is 1080 g/mol. The van der Waals surface area contributed by atoms with Gasteiger partial charge in [-0.25, -0.2) is 4.79 Å². The Morgan fingerprint density at radius 3 is 1.63 bits per heavy atom. The molecular formula is C61H106N8O15. The van der Waals surface area contributed by atoms with Crippen molar-refractivity contribution in [3.05, 3.63) is 29.8 Å². The highest BCUT2D eigenvalue weighted by Gasteiger charge is 2.34. The van der Waals surface area contributed by atoms with Crippen LogP contribution < -0.4 is 38.5 Å². The number of amides is 5. The number of aliphatic imine (C=N–C) groups is 1. The predicted octanol–water partition coefficient (Wildman–Crippen LogP) is 5.66. The molecule has 0 aliphatic heterocycles. The zero-order chi connectivity index (χ0) is 62.2. The van der Waals surface area contributed by atoms with E-state index in [4.69, 9.17) is 36.1 Å². The molecule has 5 amide bonds. The van der Waals surface area contributed by atoms with Crippen molar-refractivity contribution >= 4 is 58.8 Å². The Bertz CT molecular complexity index is 2080. The van der Waals surface area contributed by atoms with Gasteiger partial charge in [0, 0.05) is 77.5 Å². The molecule has 12 N–H and O–H groups in total. The Morgan fingerprint density at radius 2 is 1.08 bits per heavy atom. The van der Waals surface area contributed by atoms with Crippen LogP contribution in [-0.4, -0.2) is 154 Å². The number of benzene rings is 1. The number of aromatic hydroxyl groups is 1. The molecule has 0 aromatic heterocycles. The van der Waals surface area contributed by atoms with E-state index in [1.807, 2.05) is 0 Å². The molecule has 5 atom stereocenters. The van der Waals surface area contributed by atoms with Gasteiger partial charge in [0.1, 0.15) is 48.4 Å². The van der Waals surface area contributed by atoms with Gasteiger partial charge in [-0.3, -0.25) is 38.6 Å². The lowest BCUT2D eigenvalue weighted by atomic mass is 9.80. The number of carboxylic acid groups (broad SMARTS) is 1. The van der Waals surface area contributed by atoms with E-state index in [1.165, 1.54) is 63.5 Å². The van der Waals surface area contributed by atoms with Crippen LogP contribution in [0.25, 0.3) is 0 Å². The Balaban J connectivity index is 0.0000706. The normalized spacial score (nSPS) is 12.9. The van der Waals surface area contributed by atoms with Crippen molar-refractivity contribution < 1.29 is 73.7 Å². The van der Waals surface area contributed by atoms with Gasteiger partial charge >= 0.3 is 5.97 Å². The molecule has 84 heavy (non-hydrogen) atoms. The summed E-state index contributed by atoms with van der Waals surface area (Å²) < 4.78 is 21.7. The van der Waals surface area contributed by atoms with Crippen LogP contribution in [0.15, 0.2) is 29.3 Å². The zero-order valence-electron chi connectivity index (χ0n) is 50.7. The van der Waals surface area contributed by atoms with Gasteiger partial charge in [-0.1, -0.05) is 109 Å². The Hall–Kier alpha value is -6.04. The molecule has 23 nitrogen and oxygen atoms in total. The fourth-order valence-corrected chi connectivity index (χ4v) is 9.33. The standard InChI is InChI=1S/C61H104N8O15.H2/c1-45(57(76)47(3)51(25-20-34-67-61(63)64)59(78)69-53(58(62)77)42-48-27-29-50(72)30-28-48)22-18-19-33-65-55(74)43-84-41-39-82-37-35-66-56(75)44-83-40-38-81-36-21-24-49(71)31-32-52(60(79)80)68-54(73)26-17-15-13-11-9-7-5-4-6-8-10-12-14-16-23-46(2)70;/h27-30,45,47,51-53,72H,4-26,31-44H2,1-3H3,(H2,62,77)(H,65,74)(H,66,75)(H,68,73)(H,69,78)(H,79,80)(H4,63,64,67);1H/t45-,47?,51+,52-,53-;/m0./s1. The maximum Gasteiger partial charge on any atom is 0.326 e. The predicted molar refractivity (Wildman–Crippen MR) is 323 cm³/mol. The van der Waals surface area contributed by atoms with Crippen LogP contribution in [0.5, 0.6) is 5.75 Å².